The highest BCUT2D eigenvalue weighted by molar-refractivity contribution is 7.13. The Kier molecular flexibility index (Phi) is 4.31. The zero-order valence-corrected chi connectivity index (χ0v) is 16.6. The largest absolute Gasteiger partial charge is 0.483 e. The van der Waals surface area contributed by atoms with E-state index in [9.17, 15) is 9.59 Å². The fraction of sp³-hybridized carbons (Fsp3) is 0.409. The van der Waals surface area contributed by atoms with Crippen LogP contribution in [0.5, 0.6) is 0 Å². The smallest absolute Gasteiger partial charge is 0.296 e. The lowest BCUT2D eigenvalue weighted by atomic mass is 9.77. The Hall–Kier alpha value is -2.47. The van der Waals surface area contributed by atoms with E-state index in [0.717, 1.165) is 37.7 Å². The molecule has 0 radical (unpaired) electrons. The van der Waals surface area contributed by atoms with Gasteiger partial charge in [-0.05, 0) is 36.8 Å². The number of anilines is 1. The molecule has 0 N–H and O–H groups in total. The SMILES string of the molecule is CCc1ccc(C2C3=C(OC4CCCCC4C3=O)C(=O)N2c2nccs2)cc1. The average Bonchev–Trinajstić information content (AvgIpc) is 3.35. The number of ether oxygens (including phenoxy) is 1. The molecule has 3 heterocycles. The molecule has 1 aliphatic carbocycles. The Bertz CT molecular complexity index is 949. The number of Topliss-reactive ketones (excluding diaryl/α,β-unsaturated/α-hetero) is 1. The van der Waals surface area contributed by atoms with Crippen LogP contribution in [0.4, 0.5) is 5.13 Å². The van der Waals surface area contributed by atoms with Gasteiger partial charge in [0.2, 0.25) is 0 Å². The summed E-state index contributed by atoms with van der Waals surface area (Å²) in [6, 6.07) is 7.71. The summed E-state index contributed by atoms with van der Waals surface area (Å²) in [5.74, 6) is -0.0447. The van der Waals surface area contributed by atoms with Crippen LogP contribution >= 0.6 is 11.3 Å². The first-order valence-corrected chi connectivity index (χ1v) is 10.8. The quantitative estimate of drug-likeness (QED) is 0.783. The maximum atomic E-state index is 13.5. The van der Waals surface area contributed by atoms with Gasteiger partial charge in [-0.3, -0.25) is 14.5 Å². The molecule has 3 unspecified atom stereocenters. The molecule has 6 heteroatoms. The van der Waals surface area contributed by atoms with E-state index in [0.29, 0.717) is 10.7 Å². The molecule has 3 aliphatic rings. The van der Waals surface area contributed by atoms with E-state index in [2.05, 4.69) is 24.0 Å². The second-order valence-corrected chi connectivity index (χ2v) is 8.51. The molecule has 0 spiro atoms. The van der Waals surface area contributed by atoms with Crippen molar-refractivity contribution in [3.63, 3.8) is 0 Å². The van der Waals surface area contributed by atoms with Gasteiger partial charge < -0.3 is 4.74 Å². The van der Waals surface area contributed by atoms with E-state index in [1.807, 2.05) is 17.5 Å². The van der Waals surface area contributed by atoms with Crippen molar-refractivity contribution in [2.75, 3.05) is 4.90 Å². The highest BCUT2D eigenvalue weighted by Crippen LogP contribution is 2.48. The molecular formula is C22H22N2O3S. The van der Waals surface area contributed by atoms with Crippen molar-refractivity contribution >= 4 is 28.2 Å². The highest BCUT2D eigenvalue weighted by atomic mass is 32.1. The van der Waals surface area contributed by atoms with Crippen LogP contribution in [0.25, 0.3) is 0 Å². The van der Waals surface area contributed by atoms with Gasteiger partial charge in [-0.2, -0.15) is 0 Å². The number of aromatic nitrogens is 1. The lowest BCUT2D eigenvalue weighted by Crippen LogP contribution is -2.39. The Labute approximate surface area is 168 Å². The highest BCUT2D eigenvalue weighted by Gasteiger charge is 2.52. The van der Waals surface area contributed by atoms with Crippen molar-refractivity contribution in [2.24, 2.45) is 5.92 Å². The van der Waals surface area contributed by atoms with E-state index >= 15 is 0 Å². The van der Waals surface area contributed by atoms with Crippen molar-refractivity contribution in [3.8, 4) is 0 Å². The van der Waals surface area contributed by atoms with Crippen LogP contribution < -0.4 is 4.90 Å². The number of hydrogen-bond acceptors (Lipinski definition) is 5. The number of fused-ring (bicyclic) bond motifs is 1. The number of amides is 1. The molecule has 1 saturated carbocycles. The first-order valence-electron chi connectivity index (χ1n) is 9.96. The van der Waals surface area contributed by atoms with E-state index in [-0.39, 0.29) is 29.5 Å². The first kappa shape index (κ1) is 17.6. The molecule has 28 heavy (non-hydrogen) atoms. The van der Waals surface area contributed by atoms with Gasteiger partial charge in [0.25, 0.3) is 5.91 Å². The van der Waals surface area contributed by atoms with E-state index < -0.39 is 6.04 Å². The fourth-order valence-corrected chi connectivity index (χ4v) is 5.30. The predicted octanol–water partition coefficient (Wildman–Crippen LogP) is 4.21. The number of hydrogen-bond donors (Lipinski definition) is 0. The summed E-state index contributed by atoms with van der Waals surface area (Å²) in [7, 11) is 0. The second-order valence-electron chi connectivity index (χ2n) is 7.64. The van der Waals surface area contributed by atoms with Crippen LogP contribution in [0.3, 0.4) is 0 Å². The lowest BCUT2D eigenvalue weighted by Gasteiger charge is -2.35. The van der Waals surface area contributed by atoms with Gasteiger partial charge in [0.1, 0.15) is 6.10 Å². The van der Waals surface area contributed by atoms with Crippen LogP contribution in [0.2, 0.25) is 0 Å². The minimum absolute atomic E-state index is 0.0860. The summed E-state index contributed by atoms with van der Waals surface area (Å²) < 4.78 is 6.17. The summed E-state index contributed by atoms with van der Waals surface area (Å²) in [6.45, 7) is 2.11. The van der Waals surface area contributed by atoms with Gasteiger partial charge in [-0.1, -0.05) is 37.6 Å². The number of rotatable bonds is 3. The maximum absolute atomic E-state index is 13.5. The number of nitrogens with zero attached hydrogens (tertiary/aromatic N) is 2. The van der Waals surface area contributed by atoms with Crippen LogP contribution in [-0.2, 0) is 20.7 Å². The van der Waals surface area contributed by atoms with Crippen LogP contribution in [0, 0.1) is 5.92 Å². The van der Waals surface area contributed by atoms with Crippen molar-refractivity contribution in [2.45, 2.75) is 51.2 Å². The molecule has 1 fully saturated rings. The molecule has 0 bridgehead atoms. The summed E-state index contributed by atoms with van der Waals surface area (Å²) >= 11 is 1.40. The number of ketones is 1. The molecule has 2 aromatic rings. The van der Waals surface area contributed by atoms with Crippen molar-refractivity contribution < 1.29 is 14.3 Å². The van der Waals surface area contributed by atoms with Gasteiger partial charge in [0, 0.05) is 11.6 Å². The number of benzene rings is 1. The van der Waals surface area contributed by atoms with E-state index in [1.54, 1.807) is 11.1 Å². The van der Waals surface area contributed by atoms with Gasteiger partial charge in [0.05, 0.1) is 17.5 Å². The predicted molar refractivity (Wildman–Crippen MR) is 107 cm³/mol. The fourth-order valence-electron chi connectivity index (χ4n) is 4.63. The summed E-state index contributed by atoms with van der Waals surface area (Å²) in [5.41, 5.74) is 2.67. The Morgan fingerprint density at radius 3 is 2.68 bits per heavy atom. The lowest BCUT2D eigenvalue weighted by molar-refractivity contribution is -0.131. The third kappa shape index (κ3) is 2.62. The molecule has 3 atom stereocenters. The summed E-state index contributed by atoms with van der Waals surface area (Å²) in [4.78, 5) is 32.8. The van der Waals surface area contributed by atoms with Crippen molar-refractivity contribution in [1.29, 1.82) is 0 Å². The van der Waals surface area contributed by atoms with Gasteiger partial charge in [-0.15, -0.1) is 11.3 Å². The van der Waals surface area contributed by atoms with Crippen molar-refractivity contribution in [3.05, 3.63) is 58.3 Å². The molecule has 1 aromatic carbocycles. The van der Waals surface area contributed by atoms with Crippen LogP contribution in [-0.4, -0.2) is 22.8 Å². The topological polar surface area (TPSA) is 59.5 Å². The number of carbonyl (C=O) groups excluding carboxylic acids is 2. The molecule has 0 saturated heterocycles. The van der Waals surface area contributed by atoms with Crippen LogP contribution in [0.1, 0.15) is 49.8 Å². The maximum Gasteiger partial charge on any atom is 0.296 e. The molecule has 1 amide bonds. The summed E-state index contributed by atoms with van der Waals surface area (Å²) in [5, 5.41) is 2.45. The zero-order valence-electron chi connectivity index (χ0n) is 15.8. The Morgan fingerprint density at radius 2 is 1.96 bits per heavy atom. The minimum atomic E-state index is -0.463. The minimum Gasteiger partial charge on any atom is -0.483 e. The normalized spacial score (nSPS) is 26.9. The molecule has 5 rings (SSSR count). The van der Waals surface area contributed by atoms with E-state index in [1.165, 1.54) is 16.9 Å². The molecule has 144 valence electrons. The van der Waals surface area contributed by atoms with Gasteiger partial charge >= 0.3 is 0 Å². The summed E-state index contributed by atoms with van der Waals surface area (Å²) in [6.07, 6.45) is 6.23. The molecule has 1 aromatic heterocycles. The van der Waals surface area contributed by atoms with Gasteiger partial charge in [-0.25, -0.2) is 4.98 Å². The third-order valence-corrected chi connectivity index (χ3v) is 6.86. The molecule has 2 aliphatic heterocycles. The molecular weight excluding hydrogens is 372 g/mol. The monoisotopic (exact) mass is 394 g/mol. The average molecular weight is 394 g/mol. The standard InChI is InChI=1S/C22H22N2O3S/c1-2-13-7-9-14(10-8-13)18-17-19(25)15-5-3-4-6-16(15)27-20(17)21(26)24(18)22-23-11-12-28-22/h7-12,15-16,18H,2-6H2,1H3. The Morgan fingerprint density at radius 1 is 1.18 bits per heavy atom. The zero-order chi connectivity index (χ0) is 19.3. The number of carbonyl (C=O) groups is 2. The number of thiazole rings is 1. The third-order valence-electron chi connectivity index (χ3n) is 6.09. The second kappa shape index (κ2) is 6.85. The van der Waals surface area contributed by atoms with Crippen LogP contribution in [0.15, 0.2) is 47.2 Å². The van der Waals surface area contributed by atoms with E-state index in [4.69, 9.17) is 4.74 Å². The van der Waals surface area contributed by atoms with Crippen molar-refractivity contribution in [1.82, 2.24) is 4.98 Å². The van der Waals surface area contributed by atoms with Gasteiger partial charge in [0.15, 0.2) is 16.7 Å². The Balaban J connectivity index is 1.63. The first-order chi connectivity index (χ1) is 13.7. The molecule has 5 nitrogen and oxygen atoms in total. The number of aryl methyl sites for hydroxylation is 1.